The van der Waals surface area contributed by atoms with Crippen LogP contribution in [0.25, 0.3) is 33.5 Å². The highest BCUT2D eigenvalue weighted by molar-refractivity contribution is 5.81. The number of hydrogen-bond acceptors (Lipinski definition) is 5. The first-order valence-corrected chi connectivity index (χ1v) is 12.1. The standard InChI is InChI=1S/C27H25F4N5O2/c1-26(2,24(37)38)17-7-9-36(10-8-17)25-32-13-16(14-33-25)15-3-5-19(20(28)11-15)23-34-21-6-4-18(27(29,30)31)12-22(21)35-23/h3-6,11-14,17H,7-10H2,1-2H3,(H,34,35)(H,37,38). The summed E-state index contributed by atoms with van der Waals surface area (Å²) in [5.74, 6) is -0.673. The maximum Gasteiger partial charge on any atom is 0.416 e. The maximum absolute atomic E-state index is 15.0. The molecule has 2 aromatic carbocycles. The number of nitrogens with zero attached hydrogens (tertiary/aromatic N) is 4. The van der Waals surface area contributed by atoms with Crippen LogP contribution in [0.3, 0.4) is 0 Å². The number of aromatic nitrogens is 4. The largest absolute Gasteiger partial charge is 0.481 e. The number of carbonyl (C=O) groups is 1. The maximum atomic E-state index is 15.0. The Kier molecular flexibility index (Phi) is 6.32. The molecule has 2 N–H and O–H groups in total. The summed E-state index contributed by atoms with van der Waals surface area (Å²) in [5, 5.41) is 9.48. The number of imidazole rings is 1. The minimum Gasteiger partial charge on any atom is -0.481 e. The summed E-state index contributed by atoms with van der Waals surface area (Å²) < 4.78 is 54.1. The lowest BCUT2D eigenvalue weighted by Crippen LogP contribution is -2.42. The predicted octanol–water partition coefficient (Wildman–Crippen LogP) is 6.17. The Bertz CT molecular complexity index is 1490. The zero-order chi connectivity index (χ0) is 27.2. The summed E-state index contributed by atoms with van der Waals surface area (Å²) in [6, 6.07) is 7.63. The van der Waals surface area contributed by atoms with Crippen molar-refractivity contribution in [3.8, 4) is 22.5 Å². The van der Waals surface area contributed by atoms with Gasteiger partial charge in [-0.2, -0.15) is 13.2 Å². The van der Waals surface area contributed by atoms with Gasteiger partial charge in [-0.25, -0.2) is 19.3 Å². The van der Waals surface area contributed by atoms with Gasteiger partial charge in [0.05, 0.1) is 27.6 Å². The van der Waals surface area contributed by atoms with Crippen molar-refractivity contribution >= 4 is 23.0 Å². The van der Waals surface area contributed by atoms with Crippen LogP contribution in [0.15, 0.2) is 48.8 Å². The molecule has 0 aliphatic carbocycles. The van der Waals surface area contributed by atoms with Gasteiger partial charge < -0.3 is 15.0 Å². The van der Waals surface area contributed by atoms with Crippen molar-refractivity contribution in [1.82, 2.24) is 19.9 Å². The van der Waals surface area contributed by atoms with E-state index in [1.807, 2.05) is 4.90 Å². The third-order valence-electron chi connectivity index (χ3n) is 7.35. The fraction of sp³-hybridized carbons (Fsp3) is 0.333. The summed E-state index contributed by atoms with van der Waals surface area (Å²) in [6.07, 6.45) is 0.151. The summed E-state index contributed by atoms with van der Waals surface area (Å²) >= 11 is 0. The van der Waals surface area contributed by atoms with E-state index in [2.05, 4.69) is 19.9 Å². The number of benzene rings is 2. The molecule has 3 heterocycles. The summed E-state index contributed by atoms with van der Waals surface area (Å²) in [4.78, 5) is 29.4. The van der Waals surface area contributed by atoms with Gasteiger partial charge in [0.1, 0.15) is 11.6 Å². The third kappa shape index (κ3) is 4.80. The number of H-pyrrole nitrogens is 1. The molecular formula is C27H25F4N5O2. The number of nitrogens with one attached hydrogen (secondary N) is 1. The fourth-order valence-electron chi connectivity index (χ4n) is 4.81. The number of fused-ring (bicyclic) bond motifs is 1. The Morgan fingerprint density at radius 3 is 2.32 bits per heavy atom. The lowest BCUT2D eigenvalue weighted by atomic mass is 9.74. The quantitative estimate of drug-likeness (QED) is 0.302. The molecule has 7 nitrogen and oxygen atoms in total. The average Bonchev–Trinajstić information content (AvgIpc) is 3.31. The molecule has 0 saturated carbocycles. The van der Waals surface area contributed by atoms with Gasteiger partial charge in [-0.1, -0.05) is 6.07 Å². The van der Waals surface area contributed by atoms with Crippen molar-refractivity contribution < 1.29 is 27.5 Å². The van der Waals surface area contributed by atoms with E-state index in [1.54, 1.807) is 32.3 Å². The van der Waals surface area contributed by atoms with Crippen LogP contribution in [-0.4, -0.2) is 44.1 Å². The number of carboxylic acids is 1. The molecule has 1 saturated heterocycles. The normalized spacial score (nSPS) is 15.3. The second-order valence-electron chi connectivity index (χ2n) is 10.1. The van der Waals surface area contributed by atoms with Crippen LogP contribution in [0.5, 0.6) is 0 Å². The molecule has 0 bridgehead atoms. The predicted molar refractivity (Wildman–Crippen MR) is 134 cm³/mol. The van der Waals surface area contributed by atoms with Gasteiger partial charge in [0.15, 0.2) is 0 Å². The van der Waals surface area contributed by atoms with Crippen molar-refractivity contribution in [2.24, 2.45) is 11.3 Å². The Balaban J connectivity index is 1.31. The molecule has 2 aromatic heterocycles. The number of piperidine rings is 1. The number of hydrogen-bond donors (Lipinski definition) is 2. The average molecular weight is 528 g/mol. The number of halogens is 4. The Morgan fingerprint density at radius 1 is 1.03 bits per heavy atom. The van der Waals surface area contributed by atoms with Gasteiger partial charge >= 0.3 is 12.1 Å². The van der Waals surface area contributed by atoms with E-state index in [9.17, 15) is 23.1 Å². The first kappa shape index (κ1) is 25.6. The monoisotopic (exact) mass is 527 g/mol. The van der Waals surface area contributed by atoms with Crippen molar-refractivity contribution in [2.75, 3.05) is 18.0 Å². The molecule has 38 heavy (non-hydrogen) atoms. The molecule has 5 rings (SSSR count). The van der Waals surface area contributed by atoms with E-state index in [0.29, 0.717) is 35.7 Å². The number of anilines is 1. The van der Waals surface area contributed by atoms with Crippen LogP contribution in [0.2, 0.25) is 0 Å². The smallest absolute Gasteiger partial charge is 0.416 e. The first-order valence-electron chi connectivity index (χ1n) is 12.1. The molecule has 198 valence electrons. The molecule has 0 radical (unpaired) electrons. The number of alkyl halides is 3. The van der Waals surface area contributed by atoms with Gasteiger partial charge in [0.2, 0.25) is 5.95 Å². The summed E-state index contributed by atoms with van der Waals surface area (Å²) in [6.45, 7) is 4.80. The molecule has 0 atom stereocenters. The second kappa shape index (κ2) is 9.38. The van der Waals surface area contributed by atoms with Gasteiger partial charge in [-0.3, -0.25) is 4.79 Å². The first-order chi connectivity index (χ1) is 17.9. The van der Waals surface area contributed by atoms with Gasteiger partial charge in [0, 0.05) is 31.0 Å². The fourth-order valence-corrected chi connectivity index (χ4v) is 4.81. The van der Waals surface area contributed by atoms with Crippen LogP contribution < -0.4 is 4.90 Å². The molecule has 4 aromatic rings. The van der Waals surface area contributed by atoms with E-state index in [-0.39, 0.29) is 22.8 Å². The van der Waals surface area contributed by atoms with Gasteiger partial charge in [-0.15, -0.1) is 0 Å². The number of aromatic amines is 1. The van der Waals surface area contributed by atoms with Crippen molar-refractivity contribution in [3.63, 3.8) is 0 Å². The molecule has 0 amide bonds. The zero-order valence-electron chi connectivity index (χ0n) is 20.7. The van der Waals surface area contributed by atoms with Gasteiger partial charge in [-0.05, 0) is 68.5 Å². The van der Waals surface area contributed by atoms with Crippen molar-refractivity contribution in [3.05, 3.63) is 60.2 Å². The van der Waals surface area contributed by atoms with Crippen molar-refractivity contribution in [1.29, 1.82) is 0 Å². The molecule has 1 fully saturated rings. The van der Waals surface area contributed by atoms with Crippen LogP contribution in [0.1, 0.15) is 32.3 Å². The van der Waals surface area contributed by atoms with E-state index < -0.39 is 28.9 Å². The van der Waals surface area contributed by atoms with Crippen LogP contribution >= 0.6 is 0 Å². The SMILES string of the molecule is CC(C)(C(=O)O)C1CCN(c2ncc(-c3ccc(-c4nc5ccc(C(F)(F)F)cc5[nH]4)c(F)c3)cn2)CC1. The lowest BCUT2D eigenvalue weighted by molar-refractivity contribution is -0.150. The number of aliphatic carboxylic acids is 1. The summed E-state index contributed by atoms with van der Waals surface area (Å²) in [5.41, 5.74) is 0.127. The molecule has 11 heteroatoms. The second-order valence-corrected chi connectivity index (χ2v) is 10.1. The molecule has 1 aliphatic rings. The van der Waals surface area contributed by atoms with Crippen molar-refractivity contribution in [2.45, 2.75) is 32.9 Å². The molecule has 0 unspecified atom stereocenters. The summed E-state index contributed by atoms with van der Waals surface area (Å²) in [7, 11) is 0. The Morgan fingerprint density at radius 2 is 1.71 bits per heavy atom. The van der Waals surface area contributed by atoms with E-state index in [1.165, 1.54) is 18.2 Å². The van der Waals surface area contributed by atoms with E-state index in [0.717, 1.165) is 25.0 Å². The van der Waals surface area contributed by atoms with Crippen LogP contribution in [-0.2, 0) is 11.0 Å². The highest BCUT2D eigenvalue weighted by Crippen LogP contribution is 2.36. The molecule has 1 aliphatic heterocycles. The Hall–Kier alpha value is -4.02. The number of carboxylic acid groups (broad SMARTS) is 1. The van der Waals surface area contributed by atoms with E-state index >= 15 is 4.39 Å². The van der Waals surface area contributed by atoms with E-state index in [4.69, 9.17) is 0 Å². The highest BCUT2D eigenvalue weighted by atomic mass is 19.4. The van der Waals surface area contributed by atoms with Crippen LogP contribution in [0.4, 0.5) is 23.5 Å². The zero-order valence-corrected chi connectivity index (χ0v) is 20.7. The highest BCUT2D eigenvalue weighted by Gasteiger charge is 2.38. The molecule has 0 spiro atoms. The molecular weight excluding hydrogens is 502 g/mol. The minimum atomic E-state index is -4.49. The van der Waals surface area contributed by atoms with Gasteiger partial charge in [0.25, 0.3) is 0 Å². The third-order valence-corrected chi connectivity index (χ3v) is 7.35. The topological polar surface area (TPSA) is 95.0 Å². The lowest BCUT2D eigenvalue weighted by Gasteiger charge is -2.38. The van der Waals surface area contributed by atoms with Crippen LogP contribution in [0, 0.1) is 17.2 Å². The number of rotatable bonds is 5. The Labute approximate surface area is 215 Å². The minimum absolute atomic E-state index is 0.0652.